The first-order chi connectivity index (χ1) is 11.7. The summed E-state index contributed by atoms with van der Waals surface area (Å²) in [5, 5.41) is 5.98. The molecule has 0 fully saturated rings. The molecule has 0 aliphatic carbocycles. The molecule has 1 heterocycles. The smallest absolute Gasteiger partial charge is 0.239 e. The number of aryl methyl sites for hydroxylation is 2. The van der Waals surface area contributed by atoms with Gasteiger partial charge in [-0.3, -0.25) is 14.6 Å². The van der Waals surface area contributed by atoms with E-state index in [-0.39, 0.29) is 12.5 Å². The topological polar surface area (TPSA) is 71.1 Å². The van der Waals surface area contributed by atoms with E-state index in [1.54, 1.807) is 32.2 Å². The fraction of sp³-hybridized carbons (Fsp3) is 0.316. The number of benzene rings is 1. The lowest BCUT2D eigenvalue weighted by atomic mass is 9.90. The molecule has 0 aliphatic heterocycles. The first kappa shape index (κ1) is 18.9. The Kier molecular flexibility index (Phi) is 5.80. The first-order valence-corrected chi connectivity index (χ1v) is 8.36. The van der Waals surface area contributed by atoms with Crippen LogP contribution in [0.1, 0.15) is 30.7 Å². The van der Waals surface area contributed by atoms with E-state index in [1.807, 2.05) is 32.0 Å². The van der Waals surface area contributed by atoms with E-state index in [9.17, 15) is 9.59 Å². The second-order valence-corrected chi connectivity index (χ2v) is 6.93. The lowest BCUT2D eigenvalue weighted by Gasteiger charge is -2.23. The van der Waals surface area contributed by atoms with Crippen molar-refractivity contribution >= 4 is 29.1 Å². The van der Waals surface area contributed by atoms with E-state index in [1.165, 1.54) is 0 Å². The van der Waals surface area contributed by atoms with E-state index in [0.717, 1.165) is 16.8 Å². The highest BCUT2D eigenvalue weighted by Gasteiger charge is 2.36. The minimum atomic E-state index is -1.25. The Bertz CT molecular complexity index is 766. The first-order valence-electron chi connectivity index (χ1n) is 7.98. The predicted octanol–water partition coefficient (Wildman–Crippen LogP) is 3.63. The summed E-state index contributed by atoms with van der Waals surface area (Å²) < 4.78 is 0. The second-order valence-electron chi connectivity index (χ2n) is 6.52. The fourth-order valence-electron chi connectivity index (χ4n) is 2.34. The summed E-state index contributed by atoms with van der Waals surface area (Å²) in [5.74, 6) is -0.795. The lowest BCUT2D eigenvalue weighted by molar-refractivity contribution is -0.138. The number of pyridine rings is 1. The Morgan fingerprint density at radius 3 is 2.48 bits per heavy atom. The van der Waals surface area contributed by atoms with Crippen LogP contribution in [-0.2, 0) is 16.1 Å². The molecule has 2 aromatic rings. The molecule has 0 radical (unpaired) electrons. The van der Waals surface area contributed by atoms with Gasteiger partial charge in [0.15, 0.2) is 0 Å². The van der Waals surface area contributed by atoms with Gasteiger partial charge in [0.05, 0.1) is 22.9 Å². The Morgan fingerprint density at radius 2 is 1.88 bits per heavy atom. The summed E-state index contributed by atoms with van der Waals surface area (Å²) in [4.78, 5) is 29.2. The normalized spacial score (nSPS) is 11.1. The van der Waals surface area contributed by atoms with Crippen LogP contribution in [0, 0.1) is 19.3 Å². The highest BCUT2D eigenvalue weighted by Crippen LogP contribution is 2.29. The number of aromatic nitrogens is 1. The third-order valence-corrected chi connectivity index (χ3v) is 4.26. The van der Waals surface area contributed by atoms with Crippen LogP contribution in [0.15, 0.2) is 36.5 Å². The van der Waals surface area contributed by atoms with Gasteiger partial charge in [-0.15, -0.1) is 0 Å². The van der Waals surface area contributed by atoms with Crippen LogP contribution in [0.3, 0.4) is 0 Å². The Balaban J connectivity index is 2.07. The molecule has 0 spiro atoms. The van der Waals surface area contributed by atoms with Gasteiger partial charge in [0.25, 0.3) is 0 Å². The van der Waals surface area contributed by atoms with Crippen molar-refractivity contribution in [1.29, 1.82) is 0 Å². The molecule has 1 aromatic carbocycles. The molecule has 2 rings (SSSR count). The van der Waals surface area contributed by atoms with Gasteiger partial charge in [0, 0.05) is 6.20 Å². The van der Waals surface area contributed by atoms with Crippen LogP contribution in [0.4, 0.5) is 5.69 Å². The van der Waals surface area contributed by atoms with Crippen LogP contribution in [0.25, 0.3) is 0 Å². The van der Waals surface area contributed by atoms with Gasteiger partial charge >= 0.3 is 0 Å². The van der Waals surface area contributed by atoms with Gasteiger partial charge in [-0.05, 0) is 57.0 Å². The van der Waals surface area contributed by atoms with Gasteiger partial charge < -0.3 is 10.6 Å². The average Bonchev–Trinajstić information content (AvgIpc) is 2.56. The zero-order valence-corrected chi connectivity index (χ0v) is 15.6. The van der Waals surface area contributed by atoms with E-state index >= 15 is 0 Å². The average molecular weight is 360 g/mol. The predicted molar refractivity (Wildman–Crippen MR) is 99.4 cm³/mol. The van der Waals surface area contributed by atoms with Gasteiger partial charge in [-0.1, -0.05) is 23.7 Å². The maximum absolute atomic E-state index is 12.6. The van der Waals surface area contributed by atoms with Crippen molar-refractivity contribution in [2.75, 3.05) is 5.32 Å². The minimum Gasteiger partial charge on any atom is -0.350 e. The SMILES string of the molecule is Cc1cc(C)c(NC(=O)C(C)(C)C(=O)NCc2ccccn2)c(Cl)c1. The van der Waals surface area contributed by atoms with Crippen molar-refractivity contribution < 1.29 is 9.59 Å². The van der Waals surface area contributed by atoms with Crippen molar-refractivity contribution in [3.63, 3.8) is 0 Å². The Hall–Kier alpha value is -2.40. The van der Waals surface area contributed by atoms with Crippen molar-refractivity contribution in [2.45, 2.75) is 34.2 Å². The number of hydrogen-bond acceptors (Lipinski definition) is 3. The van der Waals surface area contributed by atoms with Crippen LogP contribution >= 0.6 is 11.6 Å². The molecule has 5 nitrogen and oxygen atoms in total. The van der Waals surface area contributed by atoms with Crippen molar-refractivity contribution in [2.24, 2.45) is 5.41 Å². The van der Waals surface area contributed by atoms with Crippen LogP contribution in [-0.4, -0.2) is 16.8 Å². The number of carbonyl (C=O) groups excluding carboxylic acids is 2. The lowest BCUT2D eigenvalue weighted by Crippen LogP contribution is -2.45. The zero-order valence-electron chi connectivity index (χ0n) is 14.8. The number of hydrogen-bond donors (Lipinski definition) is 2. The molecule has 6 heteroatoms. The van der Waals surface area contributed by atoms with Gasteiger partial charge in [0.1, 0.15) is 5.41 Å². The molecular formula is C19H22ClN3O2. The number of nitrogens with one attached hydrogen (secondary N) is 2. The number of anilines is 1. The van der Waals surface area contributed by atoms with Crippen LogP contribution in [0.2, 0.25) is 5.02 Å². The van der Waals surface area contributed by atoms with Crippen molar-refractivity contribution in [1.82, 2.24) is 10.3 Å². The van der Waals surface area contributed by atoms with Crippen LogP contribution in [0.5, 0.6) is 0 Å². The van der Waals surface area contributed by atoms with Gasteiger partial charge in [-0.2, -0.15) is 0 Å². The largest absolute Gasteiger partial charge is 0.350 e. The minimum absolute atomic E-state index is 0.265. The number of nitrogens with zero attached hydrogens (tertiary/aromatic N) is 1. The molecule has 0 saturated heterocycles. The van der Waals surface area contributed by atoms with E-state index in [2.05, 4.69) is 15.6 Å². The number of rotatable bonds is 5. The Labute approximate surface area is 152 Å². The molecule has 0 saturated carbocycles. The molecule has 0 unspecified atom stereocenters. The van der Waals surface area contributed by atoms with Crippen LogP contribution < -0.4 is 10.6 Å². The maximum atomic E-state index is 12.6. The number of carbonyl (C=O) groups is 2. The van der Waals surface area contributed by atoms with Gasteiger partial charge in [0.2, 0.25) is 11.8 Å². The zero-order chi connectivity index (χ0) is 18.6. The van der Waals surface area contributed by atoms with Crippen molar-refractivity contribution in [3.8, 4) is 0 Å². The second kappa shape index (κ2) is 7.66. The van der Waals surface area contributed by atoms with Gasteiger partial charge in [-0.25, -0.2) is 0 Å². The van der Waals surface area contributed by atoms with E-state index < -0.39 is 11.3 Å². The standard InChI is InChI=1S/C19H22ClN3O2/c1-12-9-13(2)16(15(20)10-12)23-18(25)19(3,4)17(24)22-11-14-7-5-6-8-21-14/h5-10H,11H2,1-4H3,(H,22,24)(H,23,25). The molecule has 1 aromatic heterocycles. The summed E-state index contributed by atoms with van der Waals surface area (Å²) in [7, 11) is 0. The molecular weight excluding hydrogens is 338 g/mol. The molecule has 2 amide bonds. The molecule has 2 N–H and O–H groups in total. The maximum Gasteiger partial charge on any atom is 0.239 e. The fourth-order valence-corrected chi connectivity index (χ4v) is 2.71. The molecule has 25 heavy (non-hydrogen) atoms. The van der Waals surface area contributed by atoms with E-state index in [0.29, 0.717) is 10.7 Å². The highest BCUT2D eigenvalue weighted by molar-refractivity contribution is 6.34. The highest BCUT2D eigenvalue weighted by atomic mass is 35.5. The summed E-state index contributed by atoms with van der Waals surface area (Å²) in [5.41, 5.74) is 1.86. The third kappa shape index (κ3) is 4.57. The Morgan fingerprint density at radius 1 is 1.16 bits per heavy atom. The molecule has 0 bridgehead atoms. The summed E-state index contributed by atoms with van der Waals surface area (Å²) in [6.45, 7) is 7.21. The van der Waals surface area contributed by atoms with Crippen molar-refractivity contribution in [3.05, 3.63) is 58.4 Å². The molecule has 132 valence electrons. The summed E-state index contributed by atoms with van der Waals surface area (Å²) >= 11 is 6.23. The number of halogens is 1. The molecule has 0 aliphatic rings. The van der Waals surface area contributed by atoms with E-state index in [4.69, 9.17) is 11.6 Å². The number of amides is 2. The quantitative estimate of drug-likeness (QED) is 0.801. The summed E-state index contributed by atoms with van der Waals surface area (Å²) in [6, 6.07) is 9.15. The monoisotopic (exact) mass is 359 g/mol. The molecule has 0 atom stereocenters. The summed E-state index contributed by atoms with van der Waals surface area (Å²) in [6.07, 6.45) is 1.65. The third-order valence-electron chi connectivity index (χ3n) is 3.96.